The summed E-state index contributed by atoms with van der Waals surface area (Å²) in [6.45, 7) is 2.29. The topological polar surface area (TPSA) is 130 Å². The van der Waals surface area contributed by atoms with Gasteiger partial charge in [-0.05, 0) is 6.42 Å². The highest BCUT2D eigenvalue weighted by molar-refractivity contribution is 5.88. The molecule has 0 aliphatic rings. The van der Waals surface area contributed by atoms with Crippen LogP contribution in [0.4, 0.5) is 0 Å². The molecule has 0 aromatic rings. The van der Waals surface area contributed by atoms with Crippen molar-refractivity contribution < 1.29 is 39.5 Å². The Balaban J connectivity index is 3.94. The summed E-state index contributed by atoms with van der Waals surface area (Å²) in [6.07, 6.45) is 6.67. The molecule has 0 aromatic carbocycles. The number of rotatable bonds is 14. The lowest BCUT2D eigenvalue weighted by Crippen LogP contribution is -2.43. The van der Waals surface area contributed by atoms with Crippen LogP contribution in [-0.2, 0) is 24.0 Å². The van der Waals surface area contributed by atoms with Gasteiger partial charge in [0.05, 0.1) is 19.4 Å². The van der Waals surface area contributed by atoms with Gasteiger partial charge in [0, 0.05) is 0 Å². The van der Waals surface area contributed by atoms with E-state index in [2.05, 4.69) is 11.8 Å². The van der Waals surface area contributed by atoms with Crippen LogP contribution in [0.2, 0.25) is 0 Å². The minimum Gasteiger partial charge on any atom is -0.479 e. The van der Waals surface area contributed by atoms with Crippen LogP contribution in [0.25, 0.3) is 0 Å². The minimum atomic E-state index is -2.66. The number of aliphatic carboxylic acids is 1. The maximum Gasteiger partial charge on any atom is 0.345 e. The van der Waals surface area contributed by atoms with Crippen molar-refractivity contribution in [2.75, 3.05) is 6.61 Å². The van der Waals surface area contributed by atoms with E-state index in [-0.39, 0.29) is 6.61 Å². The zero-order valence-electron chi connectivity index (χ0n) is 14.2. The molecule has 1 unspecified atom stereocenters. The van der Waals surface area contributed by atoms with Crippen LogP contribution in [0.15, 0.2) is 0 Å². The Labute approximate surface area is 141 Å². The lowest BCUT2D eigenvalue weighted by atomic mass is 9.96. The summed E-state index contributed by atoms with van der Waals surface area (Å²) >= 11 is 0. The van der Waals surface area contributed by atoms with Crippen LogP contribution in [0.1, 0.15) is 71.1 Å². The second kappa shape index (κ2) is 12.7. The molecule has 0 spiro atoms. The van der Waals surface area contributed by atoms with Crippen molar-refractivity contribution in [1.29, 1.82) is 0 Å². The number of ether oxygens (including phenoxy) is 1. The third-order valence-corrected chi connectivity index (χ3v) is 3.63. The summed E-state index contributed by atoms with van der Waals surface area (Å²) in [5.41, 5.74) is -2.66. The number of carboxylic acid groups (broad SMARTS) is 1. The molecule has 0 heterocycles. The van der Waals surface area contributed by atoms with E-state index in [1.54, 1.807) is 0 Å². The van der Waals surface area contributed by atoms with Gasteiger partial charge in [-0.25, -0.2) is 9.59 Å². The molecule has 1 atom stereocenters. The van der Waals surface area contributed by atoms with Crippen molar-refractivity contribution in [2.45, 2.75) is 76.7 Å². The molecule has 24 heavy (non-hydrogen) atoms. The summed E-state index contributed by atoms with van der Waals surface area (Å²) in [7, 11) is 0. The van der Waals surface area contributed by atoms with Crippen molar-refractivity contribution in [3.05, 3.63) is 0 Å². The molecule has 0 amide bonds. The quantitative estimate of drug-likeness (QED) is 0.189. The number of unbranched alkanes of at least 4 members (excludes halogenated alkanes) is 7. The molecule has 0 aliphatic heterocycles. The van der Waals surface area contributed by atoms with E-state index in [0.717, 1.165) is 19.3 Å². The number of carbonyl (C=O) groups excluding carboxylic acids is 2. The van der Waals surface area contributed by atoms with Crippen molar-refractivity contribution in [1.82, 2.24) is 0 Å². The predicted octanol–water partition coefficient (Wildman–Crippen LogP) is 2.28. The Hall–Kier alpha value is -1.67. The second-order valence-electron chi connectivity index (χ2n) is 5.85. The van der Waals surface area contributed by atoms with Crippen molar-refractivity contribution in [3.63, 3.8) is 0 Å². The first kappa shape index (κ1) is 22.3. The molecule has 3 N–H and O–H groups in total. The highest BCUT2D eigenvalue weighted by Gasteiger charge is 2.42. The van der Waals surface area contributed by atoms with Crippen LogP contribution in [-0.4, -0.2) is 45.6 Å². The zero-order chi connectivity index (χ0) is 18.4. The van der Waals surface area contributed by atoms with Gasteiger partial charge in [-0.3, -0.25) is 4.79 Å². The van der Waals surface area contributed by atoms with Gasteiger partial charge in [0.15, 0.2) is 5.60 Å². The summed E-state index contributed by atoms with van der Waals surface area (Å²) in [5.74, 6) is -4.04. The lowest BCUT2D eigenvalue weighted by molar-refractivity contribution is -0.238. The Morgan fingerprint density at radius 2 is 1.38 bits per heavy atom. The SMILES string of the molecule is CCCCCCCCCCOC(=O)CC(O)(CC(=O)OO)C(=O)O. The Kier molecular flexibility index (Phi) is 11.8. The second-order valence-corrected chi connectivity index (χ2v) is 5.85. The van der Waals surface area contributed by atoms with Gasteiger partial charge in [-0.1, -0.05) is 51.9 Å². The van der Waals surface area contributed by atoms with E-state index in [4.69, 9.17) is 15.1 Å². The molecule has 0 aliphatic carbocycles. The molecule has 0 bridgehead atoms. The van der Waals surface area contributed by atoms with Gasteiger partial charge >= 0.3 is 17.9 Å². The summed E-state index contributed by atoms with van der Waals surface area (Å²) in [5, 5.41) is 26.8. The van der Waals surface area contributed by atoms with Crippen LogP contribution in [0, 0.1) is 0 Å². The first-order chi connectivity index (χ1) is 11.4. The van der Waals surface area contributed by atoms with Crippen molar-refractivity contribution in [3.8, 4) is 0 Å². The van der Waals surface area contributed by atoms with E-state index >= 15 is 0 Å². The molecular weight excluding hydrogens is 320 g/mol. The zero-order valence-corrected chi connectivity index (χ0v) is 14.2. The Morgan fingerprint density at radius 3 is 1.88 bits per heavy atom. The van der Waals surface area contributed by atoms with E-state index in [9.17, 15) is 19.5 Å². The first-order valence-corrected chi connectivity index (χ1v) is 8.31. The van der Waals surface area contributed by atoms with Crippen LogP contribution in [0.5, 0.6) is 0 Å². The molecule has 0 fully saturated rings. The fraction of sp³-hybridized carbons (Fsp3) is 0.812. The smallest absolute Gasteiger partial charge is 0.345 e. The highest BCUT2D eigenvalue weighted by atomic mass is 17.1. The van der Waals surface area contributed by atoms with Gasteiger partial charge in [-0.15, -0.1) is 0 Å². The summed E-state index contributed by atoms with van der Waals surface area (Å²) in [6, 6.07) is 0. The van der Waals surface area contributed by atoms with Gasteiger partial charge in [0.2, 0.25) is 0 Å². The summed E-state index contributed by atoms with van der Waals surface area (Å²) in [4.78, 5) is 36.8. The molecular formula is C16H28O8. The summed E-state index contributed by atoms with van der Waals surface area (Å²) < 4.78 is 4.87. The number of hydrogen-bond acceptors (Lipinski definition) is 7. The lowest BCUT2D eigenvalue weighted by Gasteiger charge is -2.20. The molecule has 0 rings (SSSR count). The standard InChI is InChI=1S/C16H28O8/c1-2-3-4-5-6-7-8-9-10-23-13(17)11-16(21,15(19)20)12-14(18)24-22/h21-22H,2-12H2,1H3,(H,19,20). The Bertz CT molecular complexity index is 396. The predicted molar refractivity (Wildman–Crippen MR) is 84.1 cm³/mol. The van der Waals surface area contributed by atoms with E-state index < -0.39 is 36.4 Å². The van der Waals surface area contributed by atoms with Crippen LogP contribution in [0.3, 0.4) is 0 Å². The highest BCUT2D eigenvalue weighted by Crippen LogP contribution is 2.18. The average Bonchev–Trinajstić information content (AvgIpc) is 2.52. The molecule has 8 heteroatoms. The maximum absolute atomic E-state index is 11.6. The largest absolute Gasteiger partial charge is 0.479 e. The number of aliphatic hydroxyl groups is 1. The molecule has 140 valence electrons. The number of carboxylic acids is 1. The normalized spacial score (nSPS) is 13.1. The Morgan fingerprint density at radius 1 is 0.875 bits per heavy atom. The third kappa shape index (κ3) is 10.2. The number of carbonyl (C=O) groups is 3. The molecule has 8 nitrogen and oxygen atoms in total. The van der Waals surface area contributed by atoms with E-state index in [1.807, 2.05) is 0 Å². The number of hydrogen-bond donors (Lipinski definition) is 3. The van der Waals surface area contributed by atoms with E-state index in [1.165, 1.54) is 25.7 Å². The van der Waals surface area contributed by atoms with Gasteiger partial charge < -0.3 is 19.8 Å². The van der Waals surface area contributed by atoms with Crippen LogP contribution < -0.4 is 0 Å². The first-order valence-electron chi connectivity index (χ1n) is 8.31. The van der Waals surface area contributed by atoms with Crippen molar-refractivity contribution in [2.24, 2.45) is 0 Å². The monoisotopic (exact) mass is 348 g/mol. The van der Waals surface area contributed by atoms with Gasteiger partial charge in [0.25, 0.3) is 0 Å². The third-order valence-electron chi connectivity index (χ3n) is 3.63. The molecule has 0 aromatic heterocycles. The van der Waals surface area contributed by atoms with E-state index in [0.29, 0.717) is 6.42 Å². The fourth-order valence-corrected chi connectivity index (χ4v) is 2.20. The minimum absolute atomic E-state index is 0.133. The number of esters is 1. The van der Waals surface area contributed by atoms with Gasteiger partial charge in [0.1, 0.15) is 0 Å². The molecule has 0 radical (unpaired) electrons. The maximum atomic E-state index is 11.6. The fourth-order valence-electron chi connectivity index (χ4n) is 2.20. The molecule has 0 saturated heterocycles. The van der Waals surface area contributed by atoms with Gasteiger partial charge in [-0.2, -0.15) is 5.26 Å². The van der Waals surface area contributed by atoms with Crippen molar-refractivity contribution >= 4 is 17.9 Å². The average molecular weight is 348 g/mol. The molecule has 0 saturated carbocycles. The van der Waals surface area contributed by atoms with Crippen LogP contribution >= 0.6 is 0 Å².